The van der Waals surface area contributed by atoms with Crippen LogP contribution in [0.2, 0.25) is 0 Å². The molecule has 1 aliphatic carbocycles. The summed E-state index contributed by atoms with van der Waals surface area (Å²) < 4.78 is 13.8. The van der Waals surface area contributed by atoms with Crippen LogP contribution in [0.4, 0.5) is 10.3 Å². The maximum absolute atomic E-state index is 13.8. The van der Waals surface area contributed by atoms with E-state index < -0.39 is 5.82 Å². The Bertz CT molecular complexity index is 1040. The molecule has 3 aromatic rings. The van der Waals surface area contributed by atoms with Crippen molar-refractivity contribution in [3.8, 4) is 5.69 Å². The van der Waals surface area contributed by atoms with Crippen molar-refractivity contribution >= 4 is 11.9 Å². The molecule has 2 fully saturated rings. The van der Waals surface area contributed by atoms with Gasteiger partial charge >= 0.3 is 0 Å². The smallest absolute Gasteiger partial charge is 0.256 e. The van der Waals surface area contributed by atoms with Crippen LogP contribution in [-0.4, -0.2) is 54.4 Å². The van der Waals surface area contributed by atoms with Crippen molar-refractivity contribution in [1.29, 1.82) is 0 Å². The number of hydrogen-bond donors (Lipinski definition) is 1. The van der Waals surface area contributed by atoms with Gasteiger partial charge in [-0.3, -0.25) is 4.79 Å². The van der Waals surface area contributed by atoms with Gasteiger partial charge in [0.25, 0.3) is 5.91 Å². The van der Waals surface area contributed by atoms with Crippen LogP contribution in [-0.2, 0) is 0 Å². The fraction of sp³-hybridized carbons (Fsp3) is 0.350. The van der Waals surface area contributed by atoms with E-state index in [1.807, 2.05) is 11.8 Å². The van der Waals surface area contributed by atoms with Gasteiger partial charge in [0.05, 0.1) is 24.0 Å². The van der Waals surface area contributed by atoms with Gasteiger partial charge in [0.15, 0.2) is 0 Å². The maximum Gasteiger partial charge on any atom is 0.256 e. The van der Waals surface area contributed by atoms with Crippen molar-refractivity contribution in [2.45, 2.75) is 31.8 Å². The summed E-state index contributed by atoms with van der Waals surface area (Å²) in [4.78, 5) is 25.2. The van der Waals surface area contributed by atoms with Gasteiger partial charge < -0.3 is 10.2 Å². The fourth-order valence-electron chi connectivity index (χ4n) is 4.39. The standard InChI is InChI=1S/C20H20FN7O/c1-12-9-22-20(23-10-12)26-16-6-13-7-18(16)27(11-13)19(29)15-3-2-14(21)8-17(15)28-24-4-5-25-28/h2-5,8-10,13,16,18H,6-7,11H2,1H3,(H,22,23,26). The molecule has 3 heterocycles. The first-order valence-electron chi connectivity index (χ1n) is 9.61. The summed E-state index contributed by atoms with van der Waals surface area (Å²) in [7, 11) is 0. The number of hydrogen-bond acceptors (Lipinski definition) is 6. The minimum Gasteiger partial charge on any atom is -0.349 e. The minimum atomic E-state index is -0.437. The van der Waals surface area contributed by atoms with E-state index in [9.17, 15) is 9.18 Å². The lowest BCUT2D eigenvalue weighted by molar-refractivity contribution is 0.0691. The average molecular weight is 393 g/mol. The second-order valence-electron chi connectivity index (χ2n) is 7.68. The Hall–Kier alpha value is -3.36. The Morgan fingerprint density at radius 1 is 1.17 bits per heavy atom. The van der Waals surface area contributed by atoms with Crippen LogP contribution in [0.25, 0.3) is 5.69 Å². The molecule has 1 aliphatic heterocycles. The first-order valence-corrected chi connectivity index (χ1v) is 9.61. The molecule has 2 bridgehead atoms. The highest BCUT2D eigenvalue weighted by Gasteiger charge is 2.47. The highest BCUT2D eigenvalue weighted by molar-refractivity contribution is 5.98. The van der Waals surface area contributed by atoms with Gasteiger partial charge in [0.2, 0.25) is 5.95 Å². The van der Waals surface area contributed by atoms with E-state index >= 15 is 0 Å². The number of likely N-dealkylation sites (tertiary alicyclic amines) is 1. The Kier molecular flexibility index (Phi) is 4.22. The van der Waals surface area contributed by atoms with Gasteiger partial charge in [0.1, 0.15) is 11.5 Å². The molecule has 3 atom stereocenters. The molecular formula is C20H20FN7O. The first kappa shape index (κ1) is 17.7. The molecule has 1 saturated heterocycles. The molecule has 1 N–H and O–H groups in total. The summed E-state index contributed by atoms with van der Waals surface area (Å²) in [6, 6.07) is 4.23. The second kappa shape index (κ2) is 6.91. The number of carbonyl (C=O) groups is 1. The van der Waals surface area contributed by atoms with Gasteiger partial charge in [0, 0.05) is 31.0 Å². The number of anilines is 1. The van der Waals surface area contributed by atoms with Crippen molar-refractivity contribution in [3.05, 3.63) is 59.9 Å². The third kappa shape index (κ3) is 3.22. The van der Waals surface area contributed by atoms with Gasteiger partial charge in [-0.05, 0) is 43.4 Å². The molecule has 1 amide bonds. The Morgan fingerprint density at radius 3 is 2.66 bits per heavy atom. The van der Waals surface area contributed by atoms with Gasteiger partial charge in [-0.2, -0.15) is 15.0 Å². The van der Waals surface area contributed by atoms with Crippen LogP contribution in [0.3, 0.4) is 0 Å². The van der Waals surface area contributed by atoms with E-state index in [4.69, 9.17) is 0 Å². The molecule has 2 aliphatic rings. The number of halogens is 1. The molecule has 1 aromatic carbocycles. The SMILES string of the molecule is Cc1cnc(NC2CC3CC2N(C(=O)c2ccc(F)cc2-n2nccn2)C3)nc1. The number of carbonyl (C=O) groups excluding carboxylic acids is 1. The number of benzene rings is 1. The highest BCUT2D eigenvalue weighted by atomic mass is 19.1. The number of piperidine rings is 1. The molecule has 9 heteroatoms. The lowest BCUT2D eigenvalue weighted by atomic mass is 10.0. The third-order valence-corrected chi connectivity index (χ3v) is 5.66. The van der Waals surface area contributed by atoms with E-state index in [2.05, 4.69) is 25.5 Å². The Morgan fingerprint density at radius 2 is 1.93 bits per heavy atom. The van der Waals surface area contributed by atoms with Crippen molar-refractivity contribution in [3.63, 3.8) is 0 Å². The number of aromatic nitrogens is 5. The Balaban J connectivity index is 1.40. The van der Waals surface area contributed by atoms with E-state index in [1.54, 1.807) is 12.4 Å². The number of nitrogens with one attached hydrogen (secondary N) is 1. The first-order chi connectivity index (χ1) is 14.1. The van der Waals surface area contributed by atoms with Crippen molar-refractivity contribution in [2.24, 2.45) is 5.92 Å². The van der Waals surface area contributed by atoms with Gasteiger partial charge in [-0.1, -0.05) is 0 Å². The van der Waals surface area contributed by atoms with E-state index in [1.165, 1.54) is 35.4 Å². The Labute approximate surface area is 166 Å². The zero-order valence-corrected chi connectivity index (χ0v) is 15.9. The summed E-state index contributed by atoms with van der Waals surface area (Å²) in [6.07, 6.45) is 8.45. The fourth-order valence-corrected chi connectivity index (χ4v) is 4.39. The quantitative estimate of drug-likeness (QED) is 0.731. The normalized spacial score (nSPS) is 22.8. The molecule has 5 rings (SSSR count). The molecule has 0 radical (unpaired) electrons. The van der Waals surface area contributed by atoms with Crippen molar-refractivity contribution in [1.82, 2.24) is 29.9 Å². The summed E-state index contributed by atoms with van der Waals surface area (Å²) in [5.74, 6) is 0.427. The number of aryl methyl sites for hydroxylation is 1. The molecular weight excluding hydrogens is 373 g/mol. The lowest BCUT2D eigenvalue weighted by Gasteiger charge is -2.34. The lowest BCUT2D eigenvalue weighted by Crippen LogP contribution is -2.48. The van der Waals surface area contributed by atoms with Gasteiger partial charge in [-0.25, -0.2) is 14.4 Å². The molecule has 0 spiro atoms. The van der Waals surface area contributed by atoms with Crippen LogP contribution in [0, 0.1) is 18.7 Å². The van der Waals surface area contributed by atoms with Crippen LogP contribution in [0.1, 0.15) is 28.8 Å². The zero-order valence-electron chi connectivity index (χ0n) is 15.9. The average Bonchev–Trinajstić information content (AvgIpc) is 3.46. The van der Waals surface area contributed by atoms with Crippen LogP contribution in [0.5, 0.6) is 0 Å². The highest BCUT2D eigenvalue weighted by Crippen LogP contribution is 2.40. The molecule has 1 saturated carbocycles. The third-order valence-electron chi connectivity index (χ3n) is 5.66. The van der Waals surface area contributed by atoms with Crippen LogP contribution < -0.4 is 5.32 Å². The molecule has 148 valence electrons. The summed E-state index contributed by atoms with van der Waals surface area (Å²) in [5.41, 5.74) is 1.73. The summed E-state index contributed by atoms with van der Waals surface area (Å²) >= 11 is 0. The molecule has 29 heavy (non-hydrogen) atoms. The number of amides is 1. The van der Waals surface area contributed by atoms with Gasteiger partial charge in [-0.15, -0.1) is 0 Å². The van der Waals surface area contributed by atoms with E-state index in [-0.39, 0.29) is 18.0 Å². The number of fused-ring (bicyclic) bond motifs is 2. The summed E-state index contributed by atoms with van der Waals surface area (Å²) in [6.45, 7) is 2.64. The van der Waals surface area contributed by atoms with Crippen molar-refractivity contribution in [2.75, 3.05) is 11.9 Å². The zero-order chi connectivity index (χ0) is 20.0. The molecule has 3 unspecified atom stereocenters. The minimum absolute atomic E-state index is 0.0425. The predicted molar refractivity (Wildman–Crippen MR) is 103 cm³/mol. The second-order valence-corrected chi connectivity index (χ2v) is 7.68. The van der Waals surface area contributed by atoms with E-state index in [0.717, 1.165) is 18.4 Å². The van der Waals surface area contributed by atoms with Crippen LogP contribution in [0.15, 0.2) is 43.0 Å². The summed E-state index contributed by atoms with van der Waals surface area (Å²) in [5, 5.41) is 11.5. The topological polar surface area (TPSA) is 88.8 Å². The van der Waals surface area contributed by atoms with Crippen LogP contribution >= 0.6 is 0 Å². The molecule has 8 nitrogen and oxygen atoms in total. The number of rotatable bonds is 4. The maximum atomic E-state index is 13.8. The monoisotopic (exact) mass is 393 g/mol. The predicted octanol–water partition coefficient (Wildman–Crippen LogP) is 2.22. The van der Waals surface area contributed by atoms with Crippen molar-refractivity contribution < 1.29 is 9.18 Å². The molecule has 2 aromatic heterocycles. The number of nitrogens with zero attached hydrogens (tertiary/aromatic N) is 6. The van der Waals surface area contributed by atoms with E-state index in [0.29, 0.717) is 29.7 Å². The largest absolute Gasteiger partial charge is 0.349 e.